The zero-order valence-corrected chi connectivity index (χ0v) is 13.1. The molecule has 1 fully saturated rings. The molecule has 0 aliphatic heterocycles. The van der Waals surface area contributed by atoms with Gasteiger partial charge in [0.15, 0.2) is 0 Å². The van der Waals surface area contributed by atoms with Gasteiger partial charge in [0, 0.05) is 24.8 Å². The highest BCUT2D eigenvalue weighted by Gasteiger charge is 2.28. The number of nitrogens with zero attached hydrogens (tertiary/aromatic N) is 1. The lowest BCUT2D eigenvalue weighted by Gasteiger charge is -2.31. The molecule has 1 saturated carbocycles. The third kappa shape index (κ3) is 4.24. The van der Waals surface area contributed by atoms with Crippen molar-refractivity contribution in [1.29, 1.82) is 0 Å². The van der Waals surface area contributed by atoms with Crippen molar-refractivity contribution in [3.8, 4) is 0 Å². The van der Waals surface area contributed by atoms with Crippen LogP contribution in [0.2, 0.25) is 0 Å². The summed E-state index contributed by atoms with van der Waals surface area (Å²) in [6.07, 6.45) is 6.68. The zero-order chi connectivity index (χ0) is 14.2. The van der Waals surface area contributed by atoms with Crippen LogP contribution < -0.4 is 10.2 Å². The van der Waals surface area contributed by atoms with E-state index in [1.807, 2.05) is 0 Å². The number of hydrogen-bond acceptors (Lipinski definition) is 2. The van der Waals surface area contributed by atoms with Crippen LogP contribution >= 0.6 is 0 Å². The molecular formula is C18H30N2. The summed E-state index contributed by atoms with van der Waals surface area (Å²) in [6, 6.07) is 11.7. The van der Waals surface area contributed by atoms with Gasteiger partial charge in [-0.25, -0.2) is 0 Å². The van der Waals surface area contributed by atoms with Crippen molar-refractivity contribution in [3.05, 3.63) is 30.3 Å². The molecule has 0 aromatic heterocycles. The van der Waals surface area contributed by atoms with E-state index in [9.17, 15) is 0 Å². The summed E-state index contributed by atoms with van der Waals surface area (Å²) in [5.41, 5.74) is 1.39. The van der Waals surface area contributed by atoms with E-state index in [-0.39, 0.29) is 0 Å². The van der Waals surface area contributed by atoms with E-state index < -0.39 is 0 Å². The third-order valence-electron chi connectivity index (χ3n) is 4.48. The average molecular weight is 274 g/mol. The summed E-state index contributed by atoms with van der Waals surface area (Å²) in [4.78, 5) is 2.60. The topological polar surface area (TPSA) is 15.3 Å². The van der Waals surface area contributed by atoms with E-state index in [1.165, 1.54) is 50.9 Å². The Morgan fingerprint density at radius 2 is 1.95 bits per heavy atom. The van der Waals surface area contributed by atoms with Crippen LogP contribution in [0.1, 0.15) is 46.0 Å². The second-order valence-corrected chi connectivity index (χ2v) is 5.99. The van der Waals surface area contributed by atoms with Crippen LogP contribution in [0, 0.1) is 5.92 Å². The maximum absolute atomic E-state index is 3.68. The van der Waals surface area contributed by atoms with E-state index in [2.05, 4.69) is 54.4 Å². The molecule has 2 heteroatoms. The van der Waals surface area contributed by atoms with E-state index in [4.69, 9.17) is 0 Å². The summed E-state index contributed by atoms with van der Waals surface area (Å²) in [5.74, 6) is 0.812. The Kier molecular flexibility index (Phi) is 6.38. The molecule has 1 aliphatic rings. The normalized spacial score (nSPS) is 22.1. The predicted molar refractivity (Wildman–Crippen MR) is 88.4 cm³/mol. The third-order valence-corrected chi connectivity index (χ3v) is 4.48. The van der Waals surface area contributed by atoms with Crippen LogP contribution in [-0.2, 0) is 0 Å². The van der Waals surface area contributed by atoms with Gasteiger partial charge in [-0.1, -0.05) is 44.9 Å². The number of anilines is 1. The van der Waals surface area contributed by atoms with E-state index in [1.54, 1.807) is 0 Å². The first-order valence-corrected chi connectivity index (χ1v) is 8.38. The number of hydrogen-bond donors (Lipinski definition) is 1. The maximum atomic E-state index is 3.68. The van der Waals surface area contributed by atoms with Crippen LogP contribution in [0.15, 0.2) is 30.3 Å². The van der Waals surface area contributed by atoms with Crippen molar-refractivity contribution < 1.29 is 0 Å². The summed E-state index contributed by atoms with van der Waals surface area (Å²) >= 11 is 0. The minimum Gasteiger partial charge on any atom is -0.371 e. The Morgan fingerprint density at radius 1 is 1.15 bits per heavy atom. The van der Waals surface area contributed by atoms with Gasteiger partial charge < -0.3 is 10.2 Å². The van der Waals surface area contributed by atoms with Crippen molar-refractivity contribution in [2.75, 3.05) is 24.5 Å². The van der Waals surface area contributed by atoms with Crippen molar-refractivity contribution in [2.24, 2.45) is 5.92 Å². The molecule has 0 amide bonds. The Morgan fingerprint density at radius 3 is 2.65 bits per heavy atom. The van der Waals surface area contributed by atoms with Gasteiger partial charge in [0.2, 0.25) is 0 Å². The highest BCUT2D eigenvalue weighted by atomic mass is 15.1. The number of rotatable bonds is 8. The molecule has 0 bridgehead atoms. The molecule has 0 heterocycles. The molecule has 0 saturated heterocycles. The van der Waals surface area contributed by atoms with Crippen molar-refractivity contribution in [1.82, 2.24) is 5.32 Å². The monoisotopic (exact) mass is 274 g/mol. The molecular weight excluding hydrogens is 244 g/mol. The number of nitrogens with one attached hydrogen (secondary N) is 1. The molecule has 2 unspecified atom stereocenters. The molecule has 2 atom stereocenters. The molecule has 1 N–H and O–H groups in total. The van der Waals surface area contributed by atoms with Crippen LogP contribution in [0.3, 0.4) is 0 Å². The van der Waals surface area contributed by atoms with E-state index in [0.717, 1.165) is 18.5 Å². The maximum Gasteiger partial charge on any atom is 0.0366 e. The summed E-state index contributed by atoms with van der Waals surface area (Å²) in [5, 5.41) is 3.68. The lowest BCUT2D eigenvalue weighted by atomic mass is 10.0. The minimum absolute atomic E-state index is 0.729. The summed E-state index contributed by atoms with van der Waals surface area (Å²) in [6.45, 7) is 8.00. The van der Waals surface area contributed by atoms with E-state index >= 15 is 0 Å². The van der Waals surface area contributed by atoms with E-state index in [0.29, 0.717) is 0 Å². The zero-order valence-electron chi connectivity index (χ0n) is 13.1. The molecule has 112 valence electrons. The highest BCUT2D eigenvalue weighted by molar-refractivity contribution is 5.46. The van der Waals surface area contributed by atoms with Crippen molar-refractivity contribution in [3.63, 3.8) is 0 Å². The fraction of sp³-hybridized carbons (Fsp3) is 0.667. The van der Waals surface area contributed by atoms with Gasteiger partial charge in [-0.3, -0.25) is 0 Å². The number of para-hydroxylation sites is 1. The van der Waals surface area contributed by atoms with Crippen molar-refractivity contribution in [2.45, 2.75) is 52.0 Å². The molecule has 0 spiro atoms. The fourth-order valence-corrected chi connectivity index (χ4v) is 3.38. The first kappa shape index (κ1) is 15.4. The Bertz CT molecular complexity index is 363. The Hall–Kier alpha value is -1.02. The second-order valence-electron chi connectivity index (χ2n) is 5.99. The second kappa shape index (κ2) is 8.31. The van der Waals surface area contributed by atoms with Crippen LogP contribution in [0.25, 0.3) is 0 Å². The van der Waals surface area contributed by atoms with Gasteiger partial charge in [-0.05, 0) is 43.9 Å². The first-order valence-electron chi connectivity index (χ1n) is 8.38. The molecule has 2 nitrogen and oxygen atoms in total. The minimum atomic E-state index is 0.729. The van der Waals surface area contributed by atoms with Crippen LogP contribution in [0.5, 0.6) is 0 Å². The van der Waals surface area contributed by atoms with Crippen molar-refractivity contribution >= 4 is 5.69 Å². The predicted octanol–water partition coefficient (Wildman–Crippen LogP) is 4.07. The number of unbranched alkanes of at least 4 members (excludes halogenated alkanes) is 1. The Balaban J connectivity index is 2.00. The molecule has 0 radical (unpaired) electrons. The van der Waals surface area contributed by atoms with Gasteiger partial charge in [0.1, 0.15) is 0 Å². The summed E-state index contributed by atoms with van der Waals surface area (Å²) < 4.78 is 0. The number of benzene rings is 1. The molecule has 20 heavy (non-hydrogen) atoms. The summed E-state index contributed by atoms with van der Waals surface area (Å²) in [7, 11) is 0. The Labute approximate surface area is 124 Å². The van der Waals surface area contributed by atoms with Gasteiger partial charge in [0.25, 0.3) is 0 Å². The first-order chi connectivity index (χ1) is 9.85. The van der Waals surface area contributed by atoms with Crippen LogP contribution in [0.4, 0.5) is 5.69 Å². The van der Waals surface area contributed by atoms with Crippen LogP contribution in [-0.4, -0.2) is 25.7 Å². The largest absolute Gasteiger partial charge is 0.371 e. The molecule has 1 aromatic carbocycles. The van der Waals surface area contributed by atoms with Gasteiger partial charge in [0.05, 0.1) is 0 Å². The fourth-order valence-electron chi connectivity index (χ4n) is 3.38. The average Bonchev–Trinajstić information content (AvgIpc) is 2.92. The lowest BCUT2D eigenvalue weighted by molar-refractivity contribution is 0.404. The molecule has 1 aromatic rings. The van der Waals surface area contributed by atoms with Gasteiger partial charge in [-0.2, -0.15) is 0 Å². The highest BCUT2D eigenvalue weighted by Crippen LogP contribution is 2.28. The SMILES string of the molecule is CCCCN(CC1CCCC1NCC)c1ccccc1. The van der Waals surface area contributed by atoms with Gasteiger partial charge in [-0.15, -0.1) is 0 Å². The molecule has 1 aliphatic carbocycles. The lowest BCUT2D eigenvalue weighted by Crippen LogP contribution is -2.39. The molecule has 2 rings (SSSR count). The quantitative estimate of drug-likeness (QED) is 0.768. The van der Waals surface area contributed by atoms with Gasteiger partial charge >= 0.3 is 0 Å². The standard InChI is InChI=1S/C18H30N2/c1-3-5-14-20(17-11-7-6-8-12-17)15-16-10-9-13-18(16)19-4-2/h6-8,11-12,16,18-19H,3-5,9-10,13-15H2,1-2H3. The smallest absolute Gasteiger partial charge is 0.0366 e.